The lowest BCUT2D eigenvalue weighted by atomic mass is 10.2. The standard InChI is InChI=1S/C11H14N4/c1-3-15-8(2)14-10(11(15)12)9-5-4-6-13-7-9/h4-7H,3,12H2,1-2H3. The molecular formula is C11H14N4. The molecule has 0 aromatic carbocycles. The Bertz CT molecular complexity index is 459. The number of aryl methyl sites for hydroxylation is 1. The average molecular weight is 202 g/mol. The highest BCUT2D eigenvalue weighted by molar-refractivity contribution is 5.70. The van der Waals surface area contributed by atoms with Gasteiger partial charge in [-0.15, -0.1) is 0 Å². The average Bonchev–Trinajstić information content (AvgIpc) is 2.55. The highest BCUT2D eigenvalue weighted by atomic mass is 15.1. The lowest BCUT2D eigenvalue weighted by Gasteiger charge is -2.02. The van der Waals surface area contributed by atoms with Crippen LogP contribution >= 0.6 is 0 Å². The van der Waals surface area contributed by atoms with Crippen molar-refractivity contribution in [2.24, 2.45) is 0 Å². The minimum Gasteiger partial charge on any atom is -0.383 e. The highest BCUT2D eigenvalue weighted by Crippen LogP contribution is 2.24. The summed E-state index contributed by atoms with van der Waals surface area (Å²) in [5.74, 6) is 1.65. The van der Waals surface area contributed by atoms with Crippen molar-refractivity contribution in [3.63, 3.8) is 0 Å². The number of nitrogens with zero attached hydrogens (tertiary/aromatic N) is 3. The van der Waals surface area contributed by atoms with Gasteiger partial charge >= 0.3 is 0 Å². The molecule has 0 saturated heterocycles. The first-order valence-electron chi connectivity index (χ1n) is 4.97. The van der Waals surface area contributed by atoms with Gasteiger partial charge in [-0.1, -0.05) is 0 Å². The number of hydrogen-bond acceptors (Lipinski definition) is 3. The molecule has 0 radical (unpaired) electrons. The summed E-state index contributed by atoms with van der Waals surface area (Å²) in [4.78, 5) is 8.51. The Morgan fingerprint density at radius 2 is 2.27 bits per heavy atom. The van der Waals surface area contributed by atoms with Gasteiger partial charge in [0.05, 0.1) is 0 Å². The first kappa shape index (κ1) is 9.71. The normalized spacial score (nSPS) is 10.5. The van der Waals surface area contributed by atoms with Crippen molar-refractivity contribution in [2.75, 3.05) is 5.73 Å². The summed E-state index contributed by atoms with van der Waals surface area (Å²) in [6, 6.07) is 3.85. The number of nitrogen functional groups attached to an aromatic ring is 1. The lowest BCUT2D eigenvalue weighted by Crippen LogP contribution is -2.02. The Labute approximate surface area is 88.8 Å². The van der Waals surface area contributed by atoms with E-state index in [9.17, 15) is 0 Å². The summed E-state index contributed by atoms with van der Waals surface area (Å²) in [5, 5.41) is 0. The molecule has 0 saturated carbocycles. The second-order valence-electron chi connectivity index (χ2n) is 3.38. The van der Waals surface area contributed by atoms with E-state index in [1.54, 1.807) is 12.4 Å². The third-order valence-electron chi connectivity index (χ3n) is 2.45. The van der Waals surface area contributed by atoms with Crippen molar-refractivity contribution in [3.8, 4) is 11.3 Å². The highest BCUT2D eigenvalue weighted by Gasteiger charge is 2.11. The van der Waals surface area contributed by atoms with Gasteiger partial charge in [-0.2, -0.15) is 0 Å². The fraction of sp³-hybridized carbons (Fsp3) is 0.273. The molecular weight excluding hydrogens is 188 g/mol. The van der Waals surface area contributed by atoms with E-state index in [1.807, 2.05) is 23.6 Å². The Kier molecular flexibility index (Phi) is 2.41. The molecule has 0 unspecified atom stereocenters. The van der Waals surface area contributed by atoms with Gasteiger partial charge in [0.1, 0.15) is 17.3 Å². The van der Waals surface area contributed by atoms with Crippen LogP contribution in [0.15, 0.2) is 24.5 Å². The maximum atomic E-state index is 6.02. The molecule has 2 rings (SSSR count). The molecule has 2 aromatic rings. The zero-order valence-electron chi connectivity index (χ0n) is 8.94. The number of hydrogen-bond donors (Lipinski definition) is 1. The van der Waals surface area contributed by atoms with E-state index in [0.29, 0.717) is 5.82 Å². The SMILES string of the molecule is CCn1c(C)nc(-c2cccnc2)c1N. The smallest absolute Gasteiger partial charge is 0.131 e. The molecule has 0 aliphatic carbocycles. The molecule has 78 valence electrons. The van der Waals surface area contributed by atoms with Crippen molar-refractivity contribution >= 4 is 5.82 Å². The number of aromatic nitrogens is 3. The Morgan fingerprint density at radius 3 is 2.80 bits per heavy atom. The first-order chi connectivity index (χ1) is 7.24. The van der Waals surface area contributed by atoms with Gasteiger partial charge < -0.3 is 10.3 Å². The molecule has 4 nitrogen and oxygen atoms in total. The van der Waals surface area contributed by atoms with Gasteiger partial charge in [-0.05, 0) is 26.0 Å². The van der Waals surface area contributed by atoms with E-state index in [4.69, 9.17) is 5.73 Å². The lowest BCUT2D eigenvalue weighted by molar-refractivity contribution is 0.739. The molecule has 0 spiro atoms. The van der Waals surface area contributed by atoms with E-state index in [2.05, 4.69) is 16.9 Å². The van der Waals surface area contributed by atoms with E-state index < -0.39 is 0 Å². The number of anilines is 1. The molecule has 0 aliphatic rings. The van der Waals surface area contributed by atoms with Crippen molar-refractivity contribution in [3.05, 3.63) is 30.4 Å². The second kappa shape index (κ2) is 3.73. The van der Waals surface area contributed by atoms with Crippen LogP contribution in [0.1, 0.15) is 12.7 Å². The van der Waals surface area contributed by atoms with Crippen molar-refractivity contribution in [1.29, 1.82) is 0 Å². The molecule has 0 aliphatic heterocycles. The van der Waals surface area contributed by atoms with E-state index in [-0.39, 0.29) is 0 Å². The van der Waals surface area contributed by atoms with Crippen LogP contribution in [0, 0.1) is 6.92 Å². The minimum atomic E-state index is 0.711. The van der Waals surface area contributed by atoms with Crippen LogP contribution in [-0.2, 0) is 6.54 Å². The quantitative estimate of drug-likeness (QED) is 0.808. The number of imidazole rings is 1. The van der Waals surface area contributed by atoms with E-state index in [0.717, 1.165) is 23.6 Å². The number of pyridine rings is 1. The van der Waals surface area contributed by atoms with Crippen LogP contribution in [0.3, 0.4) is 0 Å². The predicted molar refractivity (Wildman–Crippen MR) is 60.3 cm³/mol. The molecule has 0 amide bonds. The van der Waals surface area contributed by atoms with Crippen molar-refractivity contribution in [2.45, 2.75) is 20.4 Å². The summed E-state index contributed by atoms with van der Waals surface area (Å²) in [6.45, 7) is 4.85. The van der Waals surface area contributed by atoms with Crippen LogP contribution < -0.4 is 5.73 Å². The van der Waals surface area contributed by atoms with Gasteiger partial charge in [0.15, 0.2) is 0 Å². The maximum Gasteiger partial charge on any atom is 0.131 e. The summed E-state index contributed by atoms with van der Waals surface area (Å²) in [6.07, 6.45) is 3.52. The molecule has 0 fully saturated rings. The van der Waals surface area contributed by atoms with Crippen LogP contribution in [-0.4, -0.2) is 14.5 Å². The van der Waals surface area contributed by atoms with Gasteiger partial charge in [-0.25, -0.2) is 4.98 Å². The second-order valence-corrected chi connectivity index (χ2v) is 3.38. The zero-order chi connectivity index (χ0) is 10.8. The minimum absolute atomic E-state index is 0.711. The topological polar surface area (TPSA) is 56.7 Å². The molecule has 15 heavy (non-hydrogen) atoms. The third-order valence-corrected chi connectivity index (χ3v) is 2.45. The molecule has 2 heterocycles. The van der Waals surface area contributed by atoms with Crippen LogP contribution in [0.25, 0.3) is 11.3 Å². The third kappa shape index (κ3) is 1.58. The first-order valence-corrected chi connectivity index (χ1v) is 4.97. The number of nitrogens with two attached hydrogens (primary N) is 1. The molecule has 0 bridgehead atoms. The van der Waals surface area contributed by atoms with Gasteiger partial charge in [0.2, 0.25) is 0 Å². The van der Waals surface area contributed by atoms with Gasteiger partial charge in [0.25, 0.3) is 0 Å². The van der Waals surface area contributed by atoms with Crippen LogP contribution in [0.4, 0.5) is 5.82 Å². The maximum absolute atomic E-state index is 6.02. The van der Waals surface area contributed by atoms with E-state index >= 15 is 0 Å². The fourth-order valence-electron chi connectivity index (χ4n) is 1.70. The van der Waals surface area contributed by atoms with Crippen LogP contribution in [0.2, 0.25) is 0 Å². The predicted octanol–water partition coefficient (Wildman–Crippen LogP) is 1.86. The molecule has 0 atom stereocenters. The van der Waals surface area contributed by atoms with Crippen LogP contribution in [0.5, 0.6) is 0 Å². The molecule has 2 aromatic heterocycles. The van der Waals surface area contributed by atoms with Gasteiger partial charge in [0, 0.05) is 24.5 Å². The molecule has 4 heteroatoms. The Morgan fingerprint density at radius 1 is 1.47 bits per heavy atom. The monoisotopic (exact) mass is 202 g/mol. The summed E-state index contributed by atoms with van der Waals surface area (Å²) in [5.41, 5.74) is 7.80. The largest absolute Gasteiger partial charge is 0.383 e. The Hall–Kier alpha value is -1.84. The van der Waals surface area contributed by atoms with Gasteiger partial charge in [-0.3, -0.25) is 4.98 Å². The molecule has 2 N–H and O–H groups in total. The zero-order valence-corrected chi connectivity index (χ0v) is 8.94. The summed E-state index contributed by atoms with van der Waals surface area (Å²) in [7, 11) is 0. The van der Waals surface area contributed by atoms with Crippen molar-refractivity contribution < 1.29 is 0 Å². The summed E-state index contributed by atoms with van der Waals surface area (Å²) < 4.78 is 1.99. The number of rotatable bonds is 2. The van der Waals surface area contributed by atoms with Crippen molar-refractivity contribution in [1.82, 2.24) is 14.5 Å². The van der Waals surface area contributed by atoms with E-state index in [1.165, 1.54) is 0 Å². The fourth-order valence-corrected chi connectivity index (χ4v) is 1.70. The summed E-state index contributed by atoms with van der Waals surface area (Å²) >= 11 is 0. The Balaban J connectivity index is 2.55.